The Balaban J connectivity index is 1.67. The Morgan fingerprint density at radius 3 is 2.43 bits per heavy atom. The Morgan fingerprint density at radius 1 is 1.13 bits per heavy atom. The van der Waals surface area contributed by atoms with E-state index in [4.69, 9.17) is 16.3 Å². The third-order valence-electron chi connectivity index (χ3n) is 6.58. The average Bonchev–Trinajstić information content (AvgIpc) is 3.07. The number of nitrogens with zero attached hydrogens (tertiary/aromatic N) is 2. The second-order valence-electron chi connectivity index (χ2n) is 7.58. The molecule has 1 saturated heterocycles. The first-order valence-electron chi connectivity index (χ1n) is 9.15. The van der Waals surface area contributed by atoms with E-state index in [0.717, 1.165) is 6.04 Å². The Kier molecular flexibility index (Phi) is 4.38. The summed E-state index contributed by atoms with van der Waals surface area (Å²) in [6.45, 7) is 2.35. The van der Waals surface area contributed by atoms with E-state index in [-0.39, 0.29) is 5.60 Å². The van der Waals surface area contributed by atoms with E-state index < -0.39 is 0 Å². The Labute approximate surface area is 144 Å². The van der Waals surface area contributed by atoms with Crippen LogP contribution in [0.25, 0.3) is 0 Å². The van der Waals surface area contributed by atoms with Crippen LogP contribution in [-0.2, 0) is 10.3 Å². The molecule has 3 nitrogen and oxygen atoms in total. The van der Waals surface area contributed by atoms with Gasteiger partial charge in [0.2, 0.25) is 0 Å². The largest absolute Gasteiger partial charge is 0.373 e. The lowest BCUT2D eigenvalue weighted by atomic mass is 9.62. The van der Waals surface area contributed by atoms with Crippen molar-refractivity contribution < 1.29 is 4.74 Å². The summed E-state index contributed by atoms with van der Waals surface area (Å²) in [4.78, 5) is 6.95. The van der Waals surface area contributed by atoms with Crippen LogP contribution in [0.15, 0.2) is 18.3 Å². The summed E-state index contributed by atoms with van der Waals surface area (Å²) in [5.74, 6) is 1.14. The minimum atomic E-state index is -0.167. The molecule has 3 aliphatic rings. The highest BCUT2D eigenvalue weighted by Crippen LogP contribution is 2.52. The molecule has 2 heterocycles. The topological polar surface area (TPSA) is 25.4 Å². The standard InChI is InChI=1S/C19H27ClN2O/c1-23-19(14-9-10-21-18(20)11-14)15-5-4-6-16(19)13-22(12-15)17-7-2-3-8-17/h9-11,15-17H,2-8,12-13H2,1H3/t15-,16+,19+. The molecule has 0 amide bonds. The first-order valence-corrected chi connectivity index (χ1v) is 9.53. The van der Waals surface area contributed by atoms with Gasteiger partial charge in [-0.2, -0.15) is 0 Å². The van der Waals surface area contributed by atoms with Crippen molar-refractivity contribution in [1.29, 1.82) is 0 Å². The van der Waals surface area contributed by atoms with Gasteiger partial charge in [0.05, 0.1) is 0 Å². The summed E-state index contributed by atoms with van der Waals surface area (Å²) in [5.41, 5.74) is 1.07. The molecule has 3 atom stereocenters. The lowest BCUT2D eigenvalue weighted by molar-refractivity contribution is -0.174. The van der Waals surface area contributed by atoms with Crippen LogP contribution in [0.2, 0.25) is 5.15 Å². The van der Waals surface area contributed by atoms with Crippen LogP contribution in [0.4, 0.5) is 0 Å². The van der Waals surface area contributed by atoms with E-state index >= 15 is 0 Å². The van der Waals surface area contributed by atoms with Crippen LogP contribution >= 0.6 is 11.6 Å². The third-order valence-corrected chi connectivity index (χ3v) is 6.79. The summed E-state index contributed by atoms with van der Waals surface area (Å²) >= 11 is 6.19. The van der Waals surface area contributed by atoms with Crippen LogP contribution in [0.3, 0.4) is 0 Å². The number of aromatic nitrogens is 1. The van der Waals surface area contributed by atoms with Crippen molar-refractivity contribution in [2.45, 2.75) is 56.6 Å². The Hall–Kier alpha value is -0.640. The SMILES string of the molecule is CO[C@@]1(c2ccnc(Cl)c2)[C@@H]2CCC[C@H]1CN(C1CCCC1)C2. The summed E-state index contributed by atoms with van der Waals surface area (Å²) < 4.78 is 6.28. The van der Waals surface area contributed by atoms with E-state index in [1.807, 2.05) is 19.4 Å². The molecule has 4 heteroatoms. The second-order valence-corrected chi connectivity index (χ2v) is 7.97. The van der Waals surface area contributed by atoms with Crippen molar-refractivity contribution in [2.24, 2.45) is 11.8 Å². The Bertz CT molecular complexity index is 544. The average molecular weight is 335 g/mol. The smallest absolute Gasteiger partial charge is 0.129 e. The van der Waals surface area contributed by atoms with Gasteiger partial charge in [0.25, 0.3) is 0 Å². The fourth-order valence-electron chi connectivity index (χ4n) is 5.60. The van der Waals surface area contributed by atoms with Crippen molar-refractivity contribution in [3.8, 4) is 0 Å². The molecule has 126 valence electrons. The molecule has 0 unspecified atom stereocenters. The van der Waals surface area contributed by atoms with Gasteiger partial charge in [-0.05, 0) is 43.4 Å². The molecule has 2 aliphatic carbocycles. The number of hydrogen-bond acceptors (Lipinski definition) is 3. The predicted molar refractivity (Wildman–Crippen MR) is 92.6 cm³/mol. The van der Waals surface area contributed by atoms with Crippen LogP contribution in [0, 0.1) is 11.8 Å². The molecule has 23 heavy (non-hydrogen) atoms. The van der Waals surface area contributed by atoms with Crippen LogP contribution in [-0.4, -0.2) is 36.1 Å². The van der Waals surface area contributed by atoms with E-state index in [2.05, 4.69) is 16.0 Å². The van der Waals surface area contributed by atoms with Crippen molar-refractivity contribution >= 4 is 11.6 Å². The summed E-state index contributed by atoms with van der Waals surface area (Å²) in [5, 5.41) is 0.579. The molecule has 1 aliphatic heterocycles. The normalized spacial score (nSPS) is 35.6. The lowest BCUT2D eigenvalue weighted by Crippen LogP contribution is -2.60. The minimum Gasteiger partial charge on any atom is -0.373 e. The molecule has 0 aromatic carbocycles. The zero-order chi connectivity index (χ0) is 15.9. The van der Waals surface area contributed by atoms with Gasteiger partial charge in [-0.15, -0.1) is 0 Å². The molecule has 1 aromatic rings. The molecule has 3 fully saturated rings. The van der Waals surface area contributed by atoms with Gasteiger partial charge in [-0.1, -0.05) is 30.9 Å². The van der Waals surface area contributed by atoms with Crippen LogP contribution < -0.4 is 0 Å². The van der Waals surface area contributed by atoms with E-state index in [1.54, 1.807) is 0 Å². The molecule has 2 bridgehead atoms. The highest BCUT2D eigenvalue weighted by molar-refractivity contribution is 6.29. The van der Waals surface area contributed by atoms with E-state index in [1.165, 1.54) is 63.6 Å². The monoisotopic (exact) mass is 334 g/mol. The molecule has 1 aromatic heterocycles. The number of methoxy groups -OCH3 is 1. The van der Waals surface area contributed by atoms with Crippen LogP contribution in [0.1, 0.15) is 50.5 Å². The first kappa shape index (κ1) is 15.9. The molecule has 2 saturated carbocycles. The van der Waals surface area contributed by atoms with Crippen LogP contribution in [0.5, 0.6) is 0 Å². The van der Waals surface area contributed by atoms with Gasteiger partial charge in [0, 0.05) is 44.3 Å². The Morgan fingerprint density at radius 2 is 1.83 bits per heavy atom. The molecule has 0 spiro atoms. The molecular weight excluding hydrogens is 308 g/mol. The fourth-order valence-corrected chi connectivity index (χ4v) is 5.78. The summed E-state index contributed by atoms with van der Waals surface area (Å²) in [6, 6.07) is 4.96. The number of hydrogen-bond donors (Lipinski definition) is 0. The van der Waals surface area contributed by atoms with Gasteiger partial charge >= 0.3 is 0 Å². The van der Waals surface area contributed by atoms with Gasteiger partial charge in [0.15, 0.2) is 0 Å². The van der Waals surface area contributed by atoms with Gasteiger partial charge in [0.1, 0.15) is 10.8 Å². The number of halogens is 1. The highest BCUT2D eigenvalue weighted by atomic mass is 35.5. The zero-order valence-corrected chi connectivity index (χ0v) is 14.8. The lowest BCUT2D eigenvalue weighted by Gasteiger charge is -2.56. The maximum Gasteiger partial charge on any atom is 0.129 e. The van der Waals surface area contributed by atoms with Gasteiger partial charge in [-0.3, -0.25) is 4.90 Å². The van der Waals surface area contributed by atoms with Gasteiger partial charge in [-0.25, -0.2) is 4.98 Å². The quantitative estimate of drug-likeness (QED) is 0.773. The molecule has 0 radical (unpaired) electrons. The number of fused-ring (bicyclic) bond motifs is 2. The van der Waals surface area contributed by atoms with Crippen molar-refractivity contribution in [2.75, 3.05) is 20.2 Å². The second kappa shape index (κ2) is 6.34. The first-order chi connectivity index (χ1) is 11.2. The predicted octanol–water partition coefficient (Wildman–Crippen LogP) is 4.25. The van der Waals surface area contributed by atoms with E-state index in [0.29, 0.717) is 17.0 Å². The van der Waals surface area contributed by atoms with Crippen molar-refractivity contribution in [3.63, 3.8) is 0 Å². The molecule has 0 N–H and O–H groups in total. The maximum absolute atomic E-state index is 6.28. The van der Waals surface area contributed by atoms with Crippen molar-refractivity contribution in [1.82, 2.24) is 9.88 Å². The number of pyridine rings is 1. The third kappa shape index (κ3) is 2.61. The number of likely N-dealkylation sites (tertiary alicyclic amines) is 1. The number of rotatable bonds is 3. The summed E-state index contributed by atoms with van der Waals surface area (Å²) in [7, 11) is 1.89. The van der Waals surface area contributed by atoms with E-state index in [9.17, 15) is 0 Å². The molecule has 4 rings (SSSR count). The fraction of sp³-hybridized carbons (Fsp3) is 0.737. The number of ether oxygens (including phenoxy) is 1. The van der Waals surface area contributed by atoms with Crippen molar-refractivity contribution in [3.05, 3.63) is 29.0 Å². The highest BCUT2D eigenvalue weighted by Gasteiger charge is 2.54. The number of piperidine rings is 1. The minimum absolute atomic E-state index is 0.167. The van der Waals surface area contributed by atoms with Gasteiger partial charge < -0.3 is 4.74 Å². The molecular formula is C19H27ClN2O. The maximum atomic E-state index is 6.28. The summed E-state index contributed by atoms with van der Waals surface area (Å²) in [6.07, 6.45) is 11.3. The zero-order valence-electron chi connectivity index (χ0n) is 14.0.